The summed E-state index contributed by atoms with van der Waals surface area (Å²) in [6.45, 7) is 0. The zero-order valence-electron chi connectivity index (χ0n) is 11.7. The number of benzene rings is 1. The number of aromatic nitrogens is 1. The third kappa shape index (κ3) is 3.36. The zero-order chi connectivity index (χ0) is 13.9. The van der Waals surface area contributed by atoms with Crippen LogP contribution in [-0.2, 0) is 12.8 Å². The Morgan fingerprint density at radius 1 is 1.29 bits per heavy atom. The van der Waals surface area contributed by atoms with Crippen LogP contribution < -0.4 is 10.1 Å². The fourth-order valence-corrected chi connectivity index (χ4v) is 3.45. The standard InChI is InChI=1S/C15H16N2O2S.ClH/c1-19-12-8-4-2-6-10(12)14(18)17-15-16-11-7-3-5-9-13(11)20-15;/h2,4,6,8H,3,5,7,9H2,1H3,(H,16,17,18);1H. The van der Waals surface area contributed by atoms with Gasteiger partial charge in [-0.1, -0.05) is 12.1 Å². The van der Waals surface area contributed by atoms with Gasteiger partial charge < -0.3 is 4.74 Å². The predicted molar refractivity (Wildman–Crippen MR) is 87.0 cm³/mol. The number of amides is 1. The Kier molecular flexibility index (Phi) is 5.20. The van der Waals surface area contributed by atoms with E-state index in [1.54, 1.807) is 30.6 Å². The first-order chi connectivity index (χ1) is 9.78. The van der Waals surface area contributed by atoms with Gasteiger partial charge in [0.1, 0.15) is 5.75 Å². The smallest absolute Gasteiger partial charge is 0.261 e. The number of thiazole rings is 1. The third-order valence-corrected chi connectivity index (χ3v) is 4.49. The molecule has 3 rings (SSSR count). The van der Waals surface area contributed by atoms with Gasteiger partial charge in [-0.3, -0.25) is 10.1 Å². The molecule has 6 heteroatoms. The first kappa shape index (κ1) is 15.8. The van der Waals surface area contributed by atoms with Gasteiger partial charge >= 0.3 is 0 Å². The van der Waals surface area contributed by atoms with Crippen LogP contribution in [0.15, 0.2) is 24.3 Å². The number of hydrogen-bond acceptors (Lipinski definition) is 4. The zero-order valence-corrected chi connectivity index (χ0v) is 13.4. The van der Waals surface area contributed by atoms with Gasteiger partial charge in [0.2, 0.25) is 0 Å². The van der Waals surface area contributed by atoms with Crippen LogP contribution in [0.4, 0.5) is 5.13 Å². The number of halogens is 1. The summed E-state index contributed by atoms with van der Waals surface area (Å²) in [5, 5.41) is 3.57. The summed E-state index contributed by atoms with van der Waals surface area (Å²) < 4.78 is 5.21. The fraction of sp³-hybridized carbons (Fsp3) is 0.333. The molecule has 0 unspecified atom stereocenters. The molecule has 0 saturated heterocycles. The Bertz CT molecular complexity index is 619. The maximum atomic E-state index is 12.3. The Morgan fingerprint density at radius 2 is 2.05 bits per heavy atom. The monoisotopic (exact) mass is 324 g/mol. The Hall–Kier alpha value is -1.59. The summed E-state index contributed by atoms with van der Waals surface area (Å²) in [7, 11) is 1.56. The summed E-state index contributed by atoms with van der Waals surface area (Å²) in [6, 6.07) is 7.20. The number of anilines is 1. The van der Waals surface area contributed by atoms with Crippen LogP contribution in [0.3, 0.4) is 0 Å². The molecule has 112 valence electrons. The molecule has 1 aliphatic carbocycles. The molecule has 1 aliphatic rings. The summed E-state index contributed by atoms with van der Waals surface area (Å²) >= 11 is 1.59. The van der Waals surface area contributed by atoms with E-state index in [9.17, 15) is 4.79 Å². The average molecular weight is 325 g/mol. The number of nitrogens with zero attached hydrogens (tertiary/aromatic N) is 1. The van der Waals surface area contributed by atoms with Crippen molar-refractivity contribution in [1.29, 1.82) is 0 Å². The van der Waals surface area contributed by atoms with E-state index >= 15 is 0 Å². The molecule has 0 aliphatic heterocycles. The summed E-state index contributed by atoms with van der Waals surface area (Å²) in [5.74, 6) is 0.403. The van der Waals surface area contributed by atoms with Crippen molar-refractivity contribution in [3.05, 3.63) is 40.4 Å². The number of fused-ring (bicyclic) bond motifs is 1. The van der Waals surface area contributed by atoms with E-state index < -0.39 is 0 Å². The SMILES string of the molecule is COc1ccccc1C(=O)Nc1nc2c(s1)CCCC2.Cl. The molecule has 0 bridgehead atoms. The van der Waals surface area contributed by atoms with Gasteiger partial charge in [-0.2, -0.15) is 0 Å². The molecule has 4 nitrogen and oxygen atoms in total. The molecule has 1 aromatic heterocycles. The highest BCUT2D eigenvalue weighted by Gasteiger charge is 2.18. The van der Waals surface area contributed by atoms with Gasteiger partial charge in [-0.25, -0.2) is 4.98 Å². The number of carbonyl (C=O) groups excluding carboxylic acids is 1. The van der Waals surface area contributed by atoms with E-state index in [1.807, 2.05) is 12.1 Å². The Balaban J connectivity index is 0.00000161. The van der Waals surface area contributed by atoms with Crippen molar-refractivity contribution in [1.82, 2.24) is 4.98 Å². The van der Waals surface area contributed by atoms with Gasteiger partial charge in [0.15, 0.2) is 5.13 Å². The van der Waals surface area contributed by atoms with E-state index in [1.165, 1.54) is 17.7 Å². The molecule has 1 N–H and O–H groups in total. The number of rotatable bonds is 3. The molecule has 0 spiro atoms. The molecule has 0 atom stereocenters. The number of aryl methyl sites for hydroxylation is 2. The van der Waals surface area contributed by atoms with Crippen molar-refractivity contribution in [2.45, 2.75) is 25.7 Å². The summed E-state index contributed by atoms with van der Waals surface area (Å²) in [6.07, 6.45) is 4.51. The average Bonchev–Trinajstić information content (AvgIpc) is 2.89. The number of para-hydroxylation sites is 1. The van der Waals surface area contributed by atoms with E-state index in [0.29, 0.717) is 16.4 Å². The number of methoxy groups -OCH3 is 1. The topological polar surface area (TPSA) is 51.2 Å². The number of ether oxygens (including phenoxy) is 1. The minimum absolute atomic E-state index is 0. The lowest BCUT2D eigenvalue weighted by Gasteiger charge is -2.07. The highest BCUT2D eigenvalue weighted by atomic mass is 35.5. The van der Waals surface area contributed by atoms with Crippen LogP contribution in [0.1, 0.15) is 33.8 Å². The van der Waals surface area contributed by atoms with Gasteiger partial charge in [-0.15, -0.1) is 23.7 Å². The second kappa shape index (κ2) is 6.91. The van der Waals surface area contributed by atoms with E-state index in [-0.39, 0.29) is 18.3 Å². The van der Waals surface area contributed by atoms with Gasteiger partial charge in [0, 0.05) is 4.88 Å². The van der Waals surface area contributed by atoms with Crippen molar-refractivity contribution < 1.29 is 9.53 Å². The largest absolute Gasteiger partial charge is 0.496 e. The van der Waals surface area contributed by atoms with Gasteiger partial charge in [0.05, 0.1) is 18.4 Å². The number of carbonyl (C=O) groups is 1. The Labute approximate surface area is 134 Å². The van der Waals surface area contributed by atoms with Crippen LogP contribution in [0.5, 0.6) is 5.75 Å². The number of hydrogen-bond donors (Lipinski definition) is 1. The van der Waals surface area contributed by atoms with Crippen molar-refractivity contribution >= 4 is 34.8 Å². The molecule has 1 amide bonds. The lowest BCUT2D eigenvalue weighted by molar-refractivity contribution is 0.102. The van der Waals surface area contributed by atoms with Crippen LogP contribution in [0.2, 0.25) is 0 Å². The molecule has 0 radical (unpaired) electrons. The lowest BCUT2D eigenvalue weighted by atomic mass is 10.0. The molecule has 0 saturated carbocycles. The quantitative estimate of drug-likeness (QED) is 0.936. The molecule has 1 aromatic carbocycles. The van der Waals surface area contributed by atoms with Crippen LogP contribution in [0, 0.1) is 0 Å². The van der Waals surface area contributed by atoms with Gasteiger partial charge in [-0.05, 0) is 37.8 Å². The van der Waals surface area contributed by atoms with Crippen molar-refractivity contribution in [2.24, 2.45) is 0 Å². The second-order valence-electron chi connectivity index (χ2n) is 4.75. The second-order valence-corrected chi connectivity index (χ2v) is 5.83. The van der Waals surface area contributed by atoms with Crippen molar-refractivity contribution in [3.8, 4) is 5.75 Å². The molecular weight excluding hydrogens is 308 g/mol. The van der Waals surface area contributed by atoms with Crippen molar-refractivity contribution in [2.75, 3.05) is 12.4 Å². The predicted octanol–water partition coefficient (Wildman–Crippen LogP) is 3.70. The molecule has 1 heterocycles. The first-order valence-electron chi connectivity index (χ1n) is 6.71. The first-order valence-corrected chi connectivity index (χ1v) is 7.52. The van der Waals surface area contributed by atoms with E-state index in [0.717, 1.165) is 18.5 Å². The molecule has 2 aromatic rings. The van der Waals surface area contributed by atoms with E-state index in [2.05, 4.69) is 10.3 Å². The Morgan fingerprint density at radius 3 is 2.81 bits per heavy atom. The molecule has 21 heavy (non-hydrogen) atoms. The third-order valence-electron chi connectivity index (χ3n) is 3.42. The minimum atomic E-state index is -0.173. The summed E-state index contributed by atoms with van der Waals surface area (Å²) in [5.41, 5.74) is 1.68. The maximum Gasteiger partial charge on any atom is 0.261 e. The van der Waals surface area contributed by atoms with Gasteiger partial charge in [0.25, 0.3) is 5.91 Å². The molecule has 0 fully saturated rings. The van der Waals surface area contributed by atoms with Crippen LogP contribution >= 0.6 is 23.7 Å². The fourth-order valence-electron chi connectivity index (χ4n) is 2.40. The van der Waals surface area contributed by atoms with Crippen molar-refractivity contribution in [3.63, 3.8) is 0 Å². The van der Waals surface area contributed by atoms with Crippen LogP contribution in [0.25, 0.3) is 0 Å². The molecular formula is C15H17ClN2O2S. The summed E-state index contributed by atoms with van der Waals surface area (Å²) in [4.78, 5) is 18.1. The highest BCUT2D eigenvalue weighted by Crippen LogP contribution is 2.30. The lowest BCUT2D eigenvalue weighted by Crippen LogP contribution is -2.13. The van der Waals surface area contributed by atoms with E-state index in [4.69, 9.17) is 4.74 Å². The minimum Gasteiger partial charge on any atom is -0.496 e. The normalized spacial score (nSPS) is 13.0. The maximum absolute atomic E-state index is 12.3. The highest BCUT2D eigenvalue weighted by molar-refractivity contribution is 7.15. The number of nitrogens with one attached hydrogen (secondary N) is 1. The van der Waals surface area contributed by atoms with Crippen LogP contribution in [-0.4, -0.2) is 18.0 Å².